The second kappa shape index (κ2) is 8.54. The molecule has 0 bridgehead atoms. The van der Waals surface area contributed by atoms with Crippen LogP contribution in [0, 0.1) is 0 Å². The van der Waals surface area contributed by atoms with E-state index in [-0.39, 0.29) is 24.3 Å². The quantitative estimate of drug-likeness (QED) is 0.565. The Morgan fingerprint density at radius 3 is 2.36 bits per heavy atom. The highest BCUT2D eigenvalue weighted by atomic mass is 16.5. The smallest absolute Gasteiger partial charge is 0.261 e. The van der Waals surface area contributed by atoms with Crippen molar-refractivity contribution in [3.8, 4) is 5.75 Å². The molecule has 168 valence electrons. The fraction of sp³-hybridized carbons (Fsp3) is 0.280. The molecule has 8 heteroatoms. The van der Waals surface area contributed by atoms with Gasteiger partial charge in [0.15, 0.2) is 0 Å². The van der Waals surface area contributed by atoms with Gasteiger partial charge in [0.25, 0.3) is 17.7 Å². The van der Waals surface area contributed by atoms with E-state index < -0.39 is 0 Å². The van der Waals surface area contributed by atoms with Crippen LogP contribution in [-0.4, -0.2) is 57.3 Å². The summed E-state index contributed by atoms with van der Waals surface area (Å²) in [6.07, 6.45) is 7.22. The van der Waals surface area contributed by atoms with Crippen LogP contribution in [0.5, 0.6) is 5.75 Å². The maximum Gasteiger partial charge on any atom is 0.261 e. The number of imidazole rings is 1. The van der Waals surface area contributed by atoms with Crippen LogP contribution in [0.3, 0.4) is 0 Å². The highest BCUT2D eigenvalue weighted by Gasteiger charge is 2.35. The second-order valence-electron chi connectivity index (χ2n) is 8.31. The number of nitrogens with zero attached hydrogens (tertiary/aromatic N) is 4. The zero-order chi connectivity index (χ0) is 22.9. The molecule has 1 aromatic heterocycles. The summed E-state index contributed by atoms with van der Waals surface area (Å²) in [5.41, 5.74) is 1.95. The Kier molecular flexibility index (Phi) is 5.42. The van der Waals surface area contributed by atoms with Crippen LogP contribution in [0.2, 0.25) is 0 Å². The SMILES string of the molecule is COc1ccc(CN2C(=O)c3ccccc3C2=O)cc1C(=O)N1CCC(n2ccnc2)CC1. The molecule has 0 N–H and O–H groups in total. The largest absolute Gasteiger partial charge is 0.496 e. The molecule has 0 spiro atoms. The topological polar surface area (TPSA) is 84.7 Å². The van der Waals surface area contributed by atoms with Crippen molar-refractivity contribution in [1.29, 1.82) is 0 Å². The Hall–Kier alpha value is -3.94. The molecule has 8 nitrogen and oxygen atoms in total. The van der Waals surface area contributed by atoms with Gasteiger partial charge in [-0.3, -0.25) is 19.3 Å². The number of piperidine rings is 1. The second-order valence-corrected chi connectivity index (χ2v) is 8.31. The van der Waals surface area contributed by atoms with Crippen molar-refractivity contribution in [2.45, 2.75) is 25.4 Å². The number of carbonyl (C=O) groups is 3. The van der Waals surface area contributed by atoms with E-state index in [0.29, 0.717) is 47.1 Å². The predicted octanol–water partition coefficient (Wildman–Crippen LogP) is 3.17. The van der Waals surface area contributed by atoms with Gasteiger partial charge in [0.05, 0.1) is 36.7 Å². The first-order valence-electron chi connectivity index (χ1n) is 11.0. The summed E-state index contributed by atoms with van der Waals surface area (Å²) in [6, 6.07) is 12.4. The predicted molar refractivity (Wildman–Crippen MR) is 120 cm³/mol. The zero-order valence-corrected chi connectivity index (χ0v) is 18.3. The minimum absolute atomic E-state index is 0.0966. The molecule has 3 amide bonds. The number of amides is 3. The van der Waals surface area contributed by atoms with E-state index in [1.54, 1.807) is 48.7 Å². The van der Waals surface area contributed by atoms with Crippen LogP contribution < -0.4 is 4.74 Å². The number of rotatable bonds is 5. The number of imide groups is 1. The van der Waals surface area contributed by atoms with Crippen molar-refractivity contribution in [3.05, 3.63) is 83.4 Å². The lowest BCUT2D eigenvalue weighted by atomic mass is 10.0. The molecule has 5 rings (SSSR count). The van der Waals surface area contributed by atoms with Crippen molar-refractivity contribution in [3.63, 3.8) is 0 Å². The Balaban J connectivity index is 1.33. The van der Waals surface area contributed by atoms with E-state index in [9.17, 15) is 14.4 Å². The number of hydrogen-bond acceptors (Lipinski definition) is 5. The summed E-state index contributed by atoms with van der Waals surface area (Å²) in [6.45, 7) is 1.36. The third-order valence-electron chi connectivity index (χ3n) is 6.41. The average molecular weight is 444 g/mol. The molecule has 0 aliphatic carbocycles. The highest BCUT2D eigenvalue weighted by molar-refractivity contribution is 6.21. The minimum Gasteiger partial charge on any atom is -0.496 e. The van der Waals surface area contributed by atoms with Crippen LogP contribution in [0.4, 0.5) is 0 Å². The minimum atomic E-state index is -0.319. The standard InChI is InChI=1S/C25H24N4O4/c1-33-22-7-6-17(15-29-24(31)19-4-2-3-5-20(19)25(29)32)14-21(22)23(30)27-11-8-18(9-12-27)28-13-10-26-16-28/h2-7,10,13-14,16,18H,8-9,11-12,15H2,1H3. The molecule has 33 heavy (non-hydrogen) atoms. The van der Waals surface area contributed by atoms with Gasteiger partial charge in [0, 0.05) is 31.5 Å². The van der Waals surface area contributed by atoms with Crippen LogP contribution in [0.25, 0.3) is 0 Å². The van der Waals surface area contributed by atoms with E-state index in [1.165, 1.54) is 12.0 Å². The molecule has 0 saturated carbocycles. The maximum absolute atomic E-state index is 13.3. The van der Waals surface area contributed by atoms with Gasteiger partial charge in [-0.25, -0.2) is 4.98 Å². The number of aromatic nitrogens is 2. The lowest BCUT2D eigenvalue weighted by Gasteiger charge is -2.33. The number of carbonyl (C=O) groups excluding carboxylic acids is 3. The monoisotopic (exact) mass is 444 g/mol. The molecule has 1 saturated heterocycles. The zero-order valence-electron chi connectivity index (χ0n) is 18.3. The third kappa shape index (κ3) is 3.77. The number of methoxy groups -OCH3 is 1. The molecule has 2 aliphatic heterocycles. The number of benzene rings is 2. The Bertz CT molecular complexity index is 1180. The third-order valence-corrected chi connectivity index (χ3v) is 6.41. The Morgan fingerprint density at radius 2 is 1.76 bits per heavy atom. The van der Waals surface area contributed by atoms with Gasteiger partial charge in [0.2, 0.25) is 0 Å². The molecular formula is C25H24N4O4. The number of ether oxygens (including phenoxy) is 1. The average Bonchev–Trinajstić information content (AvgIpc) is 3.48. The van der Waals surface area contributed by atoms with Crippen LogP contribution >= 0.6 is 0 Å². The van der Waals surface area contributed by atoms with E-state index in [2.05, 4.69) is 9.55 Å². The van der Waals surface area contributed by atoms with Crippen LogP contribution in [0.15, 0.2) is 61.2 Å². The summed E-state index contributed by atoms with van der Waals surface area (Å²) in [5, 5.41) is 0. The van der Waals surface area contributed by atoms with Crippen molar-refractivity contribution in [2.75, 3.05) is 20.2 Å². The fourth-order valence-corrected chi connectivity index (χ4v) is 4.61. The van der Waals surface area contributed by atoms with E-state index >= 15 is 0 Å². The van der Waals surface area contributed by atoms with E-state index in [4.69, 9.17) is 4.74 Å². The van der Waals surface area contributed by atoms with Crippen LogP contribution in [0.1, 0.15) is 55.5 Å². The van der Waals surface area contributed by atoms with Crippen molar-refractivity contribution < 1.29 is 19.1 Å². The summed E-state index contributed by atoms with van der Waals surface area (Å²) in [5.74, 6) is -0.273. The summed E-state index contributed by atoms with van der Waals surface area (Å²) in [4.78, 5) is 46.0. The van der Waals surface area contributed by atoms with Gasteiger partial charge < -0.3 is 14.2 Å². The van der Waals surface area contributed by atoms with Crippen molar-refractivity contribution in [1.82, 2.24) is 19.4 Å². The molecule has 0 atom stereocenters. The molecular weight excluding hydrogens is 420 g/mol. The molecule has 2 aliphatic rings. The maximum atomic E-state index is 13.3. The Labute approximate surface area is 191 Å². The van der Waals surface area contributed by atoms with Gasteiger partial charge in [-0.2, -0.15) is 0 Å². The van der Waals surface area contributed by atoms with Gasteiger partial charge in [-0.05, 0) is 42.7 Å². The molecule has 2 aromatic carbocycles. The first kappa shape index (κ1) is 20.9. The first-order valence-corrected chi connectivity index (χ1v) is 11.0. The summed E-state index contributed by atoms with van der Waals surface area (Å²) >= 11 is 0. The lowest BCUT2D eigenvalue weighted by molar-refractivity contribution is 0.0641. The van der Waals surface area contributed by atoms with Crippen molar-refractivity contribution >= 4 is 17.7 Å². The molecule has 1 fully saturated rings. The number of likely N-dealkylation sites (tertiary alicyclic amines) is 1. The fourth-order valence-electron chi connectivity index (χ4n) is 4.61. The molecule has 0 radical (unpaired) electrons. The molecule has 3 heterocycles. The summed E-state index contributed by atoms with van der Waals surface area (Å²) < 4.78 is 7.54. The number of fused-ring (bicyclic) bond motifs is 1. The van der Waals surface area contributed by atoms with Gasteiger partial charge in [-0.1, -0.05) is 18.2 Å². The Morgan fingerprint density at radius 1 is 1.06 bits per heavy atom. The lowest BCUT2D eigenvalue weighted by Crippen LogP contribution is -2.39. The van der Waals surface area contributed by atoms with Crippen LogP contribution in [-0.2, 0) is 6.54 Å². The molecule has 3 aromatic rings. The van der Waals surface area contributed by atoms with Gasteiger partial charge in [0.1, 0.15) is 5.75 Å². The first-order chi connectivity index (χ1) is 16.1. The van der Waals surface area contributed by atoms with Gasteiger partial charge in [-0.15, -0.1) is 0 Å². The number of hydrogen-bond donors (Lipinski definition) is 0. The highest BCUT2D eigenvalue weighted by Crippen LogP contribution is 2.29. The normalized spacial score (nSPS) is 16.3. The van der Waals surface area contributed by atoms with E-state index in [0.717, 1.165) is 12.8 Å². The summed E-state index contributed by atoms with van der Waals surface area (Å²) in [7, 11) is 1.53. The van der Waals surface area contributed by atoms with E-state index in [1.807, 2.05) is 17.4 Å². The van der Waals surface area contributed by atoms with Crippen molar-refractivity contribution in [2.24, 2.45) is 0 Å². The van der Waals surface area contributed by atoms with Gasteiger partial charge >= 0.3 is 0 Å². The molecule has 0 unspecified atom stereocenters.